The fraction of sp³-hybridized carbons (Fsp3) is 0.400. The van der Waals surface area contributed by atoms with Crippen molar-refractivity contribution in [3.63, 3.8) is 0 Å². The van der Waals surface area contributed by atoms with Crippen LogP contribution < -0.4 is 0 Å². The zero-order chi connectivity index (χ0) is 12.6. The molecule has 2 nitrogen and oxygen atoms in total. The molecule has 2 N–H and O–H groups in total. The van der Waals surface area contributed by atoms with E-state index in [4.69, 9.17) is 10.2 Å². The van der Waals surface area contributed by atoms with Crippen molar-refractivity contribution in [2.24, 2.45) is 0 Å². The first-order chi connectivity index (χ1) is 7.29. The molecule has 1 aromatic carbocycles. The number of hydrogen-bond acceptors (Lipinski definition) is 2. The third kappa shape index (κ3) is 1.90. The minimum atomic E-state index is -1.69. The lowest BCUT2D eigenvalue weighted by atomic mass is 10.0. The molecule has 2 unspecified atom stereocenters. The highest BCUT2D eigenvalue weighted by atomic mass is 19.2. The van der Waals surface area contributed by atoms with Gasteiger partial charge in [-0.1, -0.05) is 0 Å². The average Bonchev–Trinajstić information content (AvgIpc) is 2.14. The molecule has 0 saturated carbocycles. The zero-order valence-electron chi connectivity index (χ0n) is 8.56. The van der Waals surface area contributed by atoms with Crippen LogP contribution in [0, 0.1) is 23.3 Å². The Kier molecular flexibility index (Phi) is 3.54. The van der Waals surface area contributed by atoms with Gasteiger partial charge in [0.25, 0.3) is 0 Å². The number of benzene rings is 1. The predicted octanol–water partition coefficient (Wildman–Crippen LogP) is 2.35. The Morgan fingerprint density at radius 3 is 1.00 bits per heavy atom. The Morgan fingerprint density at radius 1 is 0.688 bits per heavy atom. The van der Waals surface area contributed by atoms with E-state index in [1.54, 1.807) is 0 Å². The maximum absolute atomic E-state index is 13.3. The van der Waals surface area contributed by atoms with Crippen molar-refractivity contribution >= 4 is 0 Å². The molecule has 16 heavy (non-hydrogen) atoms. The molecule has 6 heteroatoms. The van der Waals surface area contributed by atoms with Crippen LogP contribution in [0.5, 0.6) is 0 Å². The highest BCUT2D eigenvalue weighted by Gasteiger charge is 2.29. The van der Waals surface area contributed by atoms with Crippen LogP contribution in [-0.4, -0.2) is 10.2 Å². The van der Waals surface area contributed by atoms with E-state index in [0.29, 0.717) is 0 Å². The van der Waals surface area contributed by atoms with Crippen LogP contribution in [0.15, 0.2) is 0 Å². The van der Waals surface area contributed by atoms with E-state index in [0.717, 1.165) is 13.8 Å². The van der Waals surface area contributed by atoms with Gasteiger partial charge in [0, 0.05) is 0 Å². The Balaban J connectivity index is 3.63. The van der Waals surface area contributed by atoms with Crippen LogP contribution in [-0.2, 0) is 0 Å². The quantitative estimate of drug-likeness (QED) is 0.613. The lowest BCUT2D eigenvalue weighted by Gasteiger charge is -2.14. The number of hydrogen-bond donors (Lipinski definition) is 2. The van der Waals surface area contributed by atoms with Crippen LogP contribution in [0.2, 0.25) is 0 Å². The molecule has 1 aromatic rings. The minimum Gasteiger partial charge on any atom is -0.388 e. The molecule has 0 fully saturated rings. The van der Waals surface area contributed by atoms with Crippen molar-refractivity contribution < 1.29 is 27.8 Å². The van der Waals surface area contributed by atoms with Crippen molar-refractivity contribution in [2.75, 3.05) is 0 Å². The third-order valence-corrected chi connectivity index (χ3v) is 2.17. The summed E-state index contributed by atoms with van der Waals surface area (Å²) < 4.78 is 53.0. The summed E-state index contributed by atoms with van der Waals surface area (Å²) in [7, 11) is 0. The van der Waals surface area contributed by atoms with Crippen molar-refractivity contribution in [3.8, 4) is 0 Å². The van der Waals surface area contributed by atoms with E-state index < -0.39 is 46.6 Å². The lowest BCUT2D eigenvalue weighted by molar-refractivity contribution is 0.172. The largest absolute Gasteiger partial charge is 0.388 e. The molecule has 1 rings (SSSR count). The van der Waals surface area contributed by atoms with Crippen molar-refractivity contribution in [1.29, 1.82) is 0 Å². The van der Waals surface area contributed by atoms with E-state index in [-0.39, 0.29) is 0 Å². The van der Waals surface area contributed by atoms with Gasteiger partial charge in [0.1, 0.15) is 0 Å². The molecular weight excluding hydrogens is 228 g/mol. The maximum Gasteiger partial charge on any atom is 0.168 e. The zero-order valence-corrected chi connectivity index (χ0v) is 8.56. The maximum atomic E-state index is 13.3. The van der Waals surface area contributed by atoms with Gasteiger partial charge in [-0.15, -0.1) is 0 Å². The number of aliphatic hydroxyl groups is 2. The third-order valence-electron chi connectivity index (χ3n) is 2.17. The predicted molar refractivity (Wildman–Crippen MR) is 47.5 cm³/mol. The van der Waals surface area contributed by atoms with Crippen LogP contribution in [0.1, 0.15) is 37.2 Å². The van der Waals surface area contributed by atoms with Gasteiger partial charge >= 0.3 is 0 Å². The van der Waals surface area contributed by atoms with E-state index in [1.807, 2.05) is 0 Å². The summed E-state index contributed by atoms with van der Waals surface area (Å²) in [5.41, 5.74) is -2.17. The van der Waals surface area contributed by atoms with Gasteiger partial charge in [0.2, 0.25) is 0 Å². The lowest BCUT2D eigenvalue weighted by Crippen LogP contribution is -2.12. The van der Waals surface area contributed by atoms with Gasteiger partial charge < -0.3 is 10.2 Å². The number of aliphatic hydroxyl groups excluding tert-OH is 2. The fourth-order valence-corrected chi connectivity index (χ4v) is 1.40. The summed E-state index contributed by atoms with van der Waals surface area (Å²) in [5, 5.41) is 18.0. The molecule has 0 saturated heterocycles. The summed E-state index contributed by atoms with van der Waals surface area (Å²) in [6.45, 7) is 1.95. The molecule has 0 spiro atoms. The standard InChI is InChI=1S/C10H10F4O2/c1-3(15)5-7(11)9(13)6(4(2)16)10(14)8(5)12/h3-4,15-16H,1-2H3. The summed E-state index contributed by atoms with van der Waals surface area (Å²) in [6, 6.07) is 0. The topological polar surface area (TPSA) is 40.5 Å². The molecule has 0 aliphatic rings. The first kappa shape index (κ1) is 12.9. The Morgan fingerprint density at radius 2 is 0.875 bits per heavy atom. The molecule has 2 atom stereocenters. The fourth-order valence-electron chi connectivity index (χ4n) is 1.40. The average molecular weight is 238 g/mol. The first-order valence-electron chi connectivity index (χ1n) is 4.50. The molecule has 0 heterocycles. The highest BCUT2D eigenvalue weighted by Crippen LogP contribution is 2.31. The van der Waals surface area contributed by atoms with E-state index in [9.17, 15) is 17.6 Å². The first-order valence-corrected chi connectivity index (χ1v) is 4.50. The molecule has 0 radical (unpaired) electrons. The second kappa shape index (κ2) is 4.39. The summed E-state index contributed by atoms with van der Waals surface area (Å²) in [4.78, 5) is 0. The SMILES string of the molecule is CC(O)c1c(F)c(F)c(C(C)O)c(F)c1F. The van der Waals surface area contributed by atoms with Crippen LogP contribution in [0.4, 0.5) is 17.6 Å². The molecular formula is C10H10F4O2. The normalized spacial score (nSPS) is 15.0. The highest BCUT2D eigenvalue weighted by molar-refractivity contribution is 5.32. The van der Waals surface area contributed by atoms with Crippen LogP contribution in [0.3, 0.4) is 0 Å². The van der Waals surface area contributed by atoms with Gasteiger partial charge in [-0.05, 0) is 13.8 Å². The smallest absolute Gasteiger partial charge is 0.168 e. The van der Waals surface area contributed by atoms with Gasteiger partial charge in [-0.25, -0.2) is 17.6 Å². The molecule has 0 aromatic heterocycles. The van der Waals surface area contributed by atoms with E-state index in [2.05, 4.69) is 0 Å². The summed E-state index contributed by atoms with van der Waals surface area (Å²) in [6.07, 6.45) is -3.38. The van der Waals surface area contributed by atoms with Gasteiger partial charge in [-0.3, -0.25) is 0 Å². The summed E-state index contributed by atoms with van der Waals surface area (Å²) in [5.74, 6) is -6.76. The van der Waals surface area contributed by atoms with Crippen molar-refractivity contribution in [1.82, 2.24) is 0 Å². The second-order valence-corrected chi connectivity index (χ2v) is 3.44. The Labute approximate surface area is 89.1 Å². The molecule has 0 bridgehead atoms. The molecule has 0 aliphatic carbocycles. The molecule has 0 aliphatic heterocycles. The van der Waals surface area contributed by atoms with Gasteiger partial charge in [0.15, 0.2) is 23.3 Å². The van der Waals surface area contributed by atoms with Gasteiger partial charge in [0.05, 0.1) is 23.3 Å². The Hall–Kier alpha value is -1.14. The Bertz CT molecular complexity index is 348. The van der Waals surface area contributed by atoms with Crippen LogP contribution in [0.25, 0.3) is 0 Å². The molecule has 90 valence electrons. The summed E-state index contributed by atoms with van der Waals surface area (Å²) >= 11 is 0. The van der Waals surface area contributed by atoms with Gasteiger partial charge in [-0.2, -0.15) is 0 Å². The number of halogens is 4. The second-order valence-electron chi connectivity index (χ2n) is 3.44. The van der Waals surface area contributed by atoms with E-state index >= 15 is 0 Å². The minimum absolute atomic E-state index is 0.975. The van der Waals surface area contributed by atoms with E-state index in [1.165, 1.54) is 0 Å². The van der Waals surface area contributed by atoms with Crippen molar-refractivity contribution in [3.05, 3.63) is 34.4 Å². The number of rotatable bonds is 2. The van der Waals surface area contributed by atoms with Crippen LogP contribution >= 0.6 is 0 Å². The monoisotopic (exact) mass is 238 g/mol. The molecule has 0 amide bonds. The van der Waals surface area contributed by atoms with Crippen molar-refractivity contribution in [2.45, 2.75) is 26.1 Å².